The Morgan fingerprint density at radius 1 is 1.09 bits per heavy atom. The number of fused-ring (bicyclic) bond motifs is 2. The predicted octanol–water partition coefficient (Wildman–Crippen LogP) is 4.44. The van der Waals surface area contributed by atoms with Crippen LogP contribution in [-0.4, -0.2) is 75.9 Å². The van der Waals surface area contributed by atoms with Crippen LogP contribution in [0.5, 0.6) is 0 Å². The van der Waals surface area contributed by atoms with E-state index < -0.39 is 29.3 Å². The number of carbonyl (C=O) groups is 5. The third kappa shape index (κ3) is 6.12. The molecule has 11 heteroatoms. The van der Waals surface area contributed by atoms with Gasteiger partial charge in [0.2, 0.25) is 17.4 Å². The van der Waals surface area contributed by atoms with Gasteiger partial charge < -0.3 is 24.6 Å². The molecule has 1 N–H and O–H groups in total. The van der Waals surface area contributed by atoms with Crippen molar-refractivity contribution in [2.45, 2.75) is 77.2 Å². The first-order valence-electron chi connectivity index (χ1n) is 15.6. The van der Waals surface area contributed by atoms with Crippen molar-refractivity contribution in [3.8, 4) is 0 Å². The highest BCUT2D eigenvalue weighted by Crippen LogP contribution is 2.46. The predicted molar refractivity (Wildman–Crippen MR) is 164 cm³/mol. The molecule has 0 aromatic heterocycles. The van der Waals surface area contributed by atoms with Crippen LogP contribution in [0.4, 0.5) is 15.3 Å². The number of amides is 5. The maximum atomic E-state index is 13.8. The van der Waals surface area contributed by atoms with Crippen molar-refractivity contribution in [1.29, 1.82) is 0 Å². The fraction of sp³-hybridized carbons (Fsp3) is 0.500. The van der Waals surface area contributed by atoms with E-state index in [1.54, 1.807) is 43.9 Å². The van der Waals surface area contributed by atoms with Crippen LogP contribution < -0.4 is 5.32 Å². The Hall–Kier alpha value is -4.41. The number of likely N-dealkylation sites (tertiary alicyclic amines) is 1. The number of rotatable bonds is 8. The quantitative estimate of drug-likeness (QED) is 0.465. The summed E-state index contributed by atoms with van der Waals surface area (Å²) in [7, 11) is 0. The Balaban J connectivity index is 1.10. The van der Waals surface area contributed by atoms with E-state index in [-0.39, 0.29) is 49.8 Å². The molecule has 2 saturated heterocycles. The van der Waals surface area contributed by atoms with Crippen LogP contribution in [-0.2, 0) is 42.4 Å². The summed E-state index contributed by atoms with van der Waals surface area (Å²) in [5.41, 5.74) is 0.811. The number of aryl methyl sites for hydroxylation is 1. The molecule has 4 aliphatic rings. The number of nitrogens with zero attached hydrogens (tertiary/aromatic N) is 3. The Kier molecular flexibility index (Phi) is 7.82. The molecule has 6 rings (SSSR count). The number of ether oxygens (including phenoxy) is 2. The molecule has 2 aliphatic heterocycles. The topological polar surface area (TPSA) is 126 Å². The molecule has 45 heavy (non-hydrogen) atoms. The lowest BCUT2D eigenvalue weighted by atomic mass is 9.94. The van der Waals surface area contributed by atoms with E-state index in [0.717, 1.165) is 28.9 Å². The van der Waals surface area contributed by atoms with Crippen molar-refractivity contribution >= 4 is 35.6 Å². The number of imide groups is 1. The van der Waals surface area contributed by atoms with Gasteiger partial charge >= 0.3 is 12.2 Å². The van der Waals surface area contributed by atoms with Gasteiger partial charge in [-0.1, -0.05) is 36.4 Å². The van der Waals surface area contributed by atoms with E-state index in [9.17, 15) is 24.0 Å². The van der Waals surface area contributed by atoms with Crippen molar-refractivity contribution in [2.24, 2.45) is 11.8 Å². The number of benzene rings is 2. The fourth-order valence-electron chi connectivity index (χ4n) is 6.39. The second-order valence-electron chi connectivity index (χ2n) is 13.6. The molecule has 0 bridgehead atoms. The fourth-order valence-corrected chi connectivity index (χ4v) is 6.39. The summed E-state index contributed by atoms with van der Waals surface area (Å²) in [6.07, 6.45) is 1.57. The van der Waals surface area contributed by atoms with E-state index >= 15 is 0 Å². The maximum Gasteiger partial charge on any atom is 0.418 e. The Morgan fingerprint density at radius 2 is 1.80 bits per heavy atom. The average Bonchev–Trinajstić information content (AvgIpc) is 3.70. The summed E-state index contributed by atoms with van der Waals surface area (Å²) in [5, 5.41) is 2.90. The number of nitrogens with one attached hydrogen (secondary N) is 1. The van der Waals surface area contributed by atoms with Gasteiger partial charge in [-0.25, -0.2) is 14.5 Å². The standard InChI is InChI=1S/C34H40N4O7/c1-21(23-10-11-23)37(17-22-8-6-5-7-9-22)28(39)20-38-30(41)34(45-32(38)43)15-14-24-16-26(12-13-27(24)34)35-29(40)25-18-36(19-25)31(42)44-33(2,3)4/h5-9,12-13,16,21,23,25H,10-11,14-15,17-20H2,1-4H3,(H,35,40)/t21-,34?/m0/s1. The molecular weight excluding hydrogens is 576 g/mol. The van der Waals surface area contributed by atoms with Crippen LogP contribution in [0.1, 0.15) is 63.6 Å². The molecule has 2 heterocycles. The molecule has 0 radical (unpaired) electrons. The van der Waals surface area contributed by atoms with Crippen molar-refractivity contribution in [3.05, 3.63) is 65.2 Å². The molecule has 11 nitrogen and oxygen atoms in total. The number of hydrogen-bond acceptors (Lipinski definition) is 7. The smallest absolute Gasteiger partial charge is 0.418 e. The van der Waals surface area contributed by atoms with E-state index in [1.807, 2.05) is 37.3 Å². The van der Waals surface area contributed by atoms with Crippen LogP contribution in [0, 0.1) is 11.8 Å². The van der Waals surface area contributed by atoms with Crippen LogP contribution in [0.3, 0.4) is 0 Å². The van der Waals surface area contributed by atoms with Gasteiger partial charge in [0.15, 0.2) is 0 Å². The molecule has 1 unspecified atom stereocenters. The largest absolute Gasteiger partial charge is 0.444 e. The summed E-state index contributed by atoms with van der Waals surface area (Å²) in [6.45, 7) is 7.97. The zero-order chi connectivity index (χ0) is 32.1. The van der Waals surface area contributed by atoms with Gasteiger partial charge in [-0.15, -0.1) is 0 Å². The van der Waals surface area contributed by atoms with Gasteiger partial charge in [-0.05, 0) is 76.1 Å². The lowest BCUT2D eigenvalue weighted by molar-refractivity contribution is -0.143. The lowest BCUT2D eigenvalue weighted by Crippen LogP contribution is -2.55. The molecule has 1 saturated carbocycles. The zero-order valence-corrected chi connectivity index (χ0v) is 26.2. The number of anilines is 1. The molecular formula is C34H40N4O7. The third-order valence-electron chi connectivity index (χ3n) is 9.14. The molecule has 2 aromatic rings. The first kappa shape index (κ1) is 30.6. The van der Waals surface area contributed by atoms with Gasteiger partial charge in [0.1, 0.15) is 12.1 Å². The normalized spacial score (nSPS) is 21.7. The molecule has 2 aliphatic carbocycles. The highest BCUT2D eigenvalue weighted by Gasteiger charge is 2.58. The van der Waals surface area contributed by atoms with Gasteiger partial charge in [0.05, 0.1) is 5.92 Å². The van der Waals surface area contributed by atoms with Crippen molar-refractivity contribution < 1.29 is 33.4 Å². The highest BCUT2D eigenvalue weighted by molar-refractivity contribution is 6.06. The summed E-state index contributed by atoms with van der Waals surface area (Å²) >= 11 is 0. The zero-order valence-electron chi connectivity index (χ0n) is 26.2. The first-order chi connectivity index (χ1) is 21.3. The van der Waals surface area contributed by atoms with E-state index in [4.69, 9.17) is 9.47 Å². The van der Waals surface area contributed by atoms with Crippen molar-refractivity contribution in [3.63, 3.8) is 0 Å². The lowest BCUT2D eigenvalue weighted by Gasteiger charge is -2.38. The van der Waals surface area contributed by atoms with Gasteiger partial charge in [0, 0.05) is 43.3 Å². The minimum absolute atomic E-state index is 0.0125. The Bertz CT molecular complexity index is 1530. The van der Waals surface area contributed by atoms with E-state index in [0.29, 0.717) is 30.1 Å². The molecule has 3 fully saturated rings. The van der Waals surface area contributed by atoms with E-state index in [2.05, 4.69) is 5.32 Å². The van der Waals surface area contributed by atoms with Crippen molar-refractivity contribution in [2.75, 3.05) is 25.0 Å². The van der Waals surface area contributed by atoms with Crippen LogP contribution in [0.15, 0.2) is 48.5 Å². The molecule has 5 amide bonds. The number of carbonyl (C=O) groups excluding carboxylic acids is 5. The Labute approximate surface area is 262 Å². The van der Waals surface area contributed by atoms with Gasteiger partial charge in [-0.3, -0.25) is 14.4 Å². The van der Waals surface area contributed by atoms with Gasteiger partial charge in [-0.2, -0.15) is 0 Å². The van der Waals surface area contributed by atoms with Crippen molar-refractivity contribution in [1.82, 2.24) is 14.7 Å². The second-order valence-corrected chi connectivity index (χ2v) is 13.6. The van der Waals surface area contributed by atoms with Crippen LogP contribution in [0.25, 0.3) is 0 Å². The average molecular weight is 617 g/mol. The molecule has 2 atom stereocenters. The minimum Gasteiger partial charge on any atom is -0.444 e. The summed E-state index contributed by atoms with van der Waals surface area (Å²) < 4.78 is 11.1. The summed E-state index contributed by atoms with van der Waals surface area (Å²) in [4.78, 5) is 69.8. The number of hydrogen-bond donors (Lipinski definition) is 1. The SMILES string of the molecule is C[C@@H](C1CC1)N(Cc1ccccc1)C(=O)CN1C(=O)OC2(CCc3cc(NC(=O)C4CN(C(=O)OC(C)(C)C)C4)ccc32)C1=O. The monoisotopic (exact) mass is 616 g/mol. The third-order valence-corrected chi connectivity index (χ3v) is 9.14. The van der Waals surface area contributed by atoms with Crippen LogP contribution >= 0.6 is 0 Å². The summed E-state index contributed by atoms with van der Waals surface area (Å²) in [6, 6.07) is 14.9. The molecule has 238 valence electrons. The van der Waals surface area contributed by atoms with Crippen LogP contribution in [0.2, 0.25) is 0 Å². The second kappa shape index (κ2) is 11.5. The molecule has 2 aromatic carbocycles. The highest BCUT2D eigenvalue weighted by atomic mass is 16.6. The molecule has 1 spiro atoms. The first-order valence-corrected chi connectivity index (χ1v) is 15.6. The van der Waals surface area contributed by atoms with E-state index in [1.165, 1.54) is 4.90 Å². The van der Waals surface area contributed by atoms with Gasteiger partial charge in [0.25, 0.3) is 5.91 Å². The summed E-state index contributed by atoms with van der Waals surface area (Å²) in [5.74, 6) is -0.986. The minimum atomic E-state index is -1.48. The maximum absolute atomic E-state index is 13.8. The Morgan fingerprint density at radius 3 is 2.47 bits per heavy atom.